The first-order valence-electron chi connectivity index (χ1n) is 7.22. The molecule has 2 aromatic rings. The lowest BCUT2D eigenvalue weighted by atomic mass is 9.98. The number of aryl methyl sites for hydroxylation is 1. The molecule has 1 N–H and O–H groups in total. The number of nitrogens with one attached hydrogen (secondary N) is 1. The van der Waals surface area contributed by atoms with Gasteiger partial charge in [-0.25, -0.2) is 0 Å². The van der Waals surface area contributed by atoms with Gasteiger partial charge in [-0.05, 0) is 50.5 Å². The van der Waals surface area contributed by atoms with Crippen LogP contribution in [0.1, 0.15) is 47.9 Å². The maximum absolute atomic E-state index is 12.8. The van der Waals surface area contributed by atoms with Crippen molar-refractivity contribution in [2.24, 2.45) is 0 Å². The molecule has 0 aliphatic carbocycles. The maximum Gasteiger partial charge on any atom is 0.212 e. The maximum atomic E-state index is 12.8. The first-order valence-corrected chi connectivity index (χ1v) is 7.60. The van der Waals surface area contributed by atoms with E-state index in [0.29, 0.717) is 16.3 Å². The zero-order valence-corrected chi connectivity index (χ0v) is 12.9. The van der Waals surface area contributed by atoms with Gasteiger partial charge in [0.15, 0.2) is 0 Å². The Kier molecular flexibility index (Phi) is 3.72. The van der Waals surface area contributed by atoms with E-state index in [2.05, 4.69) is 10.4 Å². The Labute approximate surface area is 129 Å². The number of fused-ring (bicyclic) bond motifs is 1. The van der Waals surface area contributed by atoms with Crippen molar-refractivity contribution in [3.05, 3.63) is 46.2 Å². The lowest BCUT2D eigenvalue weighted by Crippen LogP contribution is -2.16. The van der Waals surface area contributed by atoms with Crippen molar-refractivity contribution >= 4 is 23.1 Å². The monoisotopic (exact) mass is 303 g/mol. The first-order chi connectivity index (χ1) is 10.1. The van der Waals surface area contributed by atoms with E-state index in [1.807, 2.05) is 32.0 Å². The second-order valence-corrected chi connectivity index (χ2v) is 6.02. The average molecular weight is 304 g/mol. The molecule has 0 saturated heterocycles. The van der Waals surface area contributed by atoms with Gasteiger partial charge >= 0.3 is 0 Å². The van der Waals surface area contributed by atoms with Crippen molar-refractivity contribution in [1.29, 1.82) is 0 Å². The number of nitrogens with zero attached hydrogens (tertiary/aromatic N) is 2. The van der Waals surface area contributed by atoms with Crippen molar-refractivity contribution in [2.45, 2.75) is 32.7 Å². The lowest BCUT2D eigenvalue weighted by Gasteiger charge is -2.18. The summed E-state index contributed by atoms with van der Waals surface area (Å²) in [7, 11) is 0. The highest BCUT2D eigenvalue weighted by Gasteiger charge is 2.21. The first kappa shape index (κ1) is 14.1. The van der Waals surface area contributed by atoms with Gasteiger partial charge in [0.25, 0.3) is 0 Å². The molecule has 0 saturated carbocycles. The SMILES string of the molecule is CC(C)n1ncc(Cl)c1C(=O)c1ccc2c(c1)CCCN2. The molecule has 1 aliphatic rings. The van der Waals surface area contributed by atoms with Crippen molar-refractivity contribution in [3.63, 3.8) is 0 Å². The van der Waals surface area contributed by atoms with Crippen molar-refractivity contribution in [2.75, 3.05) is 11.9 Å². The fourth-order valence-corrected chi connectivity index (χ4v) is 2.91. The van der Waals surface area contributed by atoms with Crippen LogP contribution in [0.15, 0.2) is 24.4 Å². The number of rotatable bonds is 3. The summed E-state index contributed by atoms with van der Waals surface area (Å²) < 4.78 is 1.68. The third kappa shape index (κ3) is 2.56. The predicted octanol–water partition coefficient (Wildman–Crippen LogP) is 3.71. The van der Waals surface area contributed by atoms with Crippen LogP contribution in [0.3, 0.4) is 0 Å². The molecule has 0 amide bonds. The summed E-state index contributed by atoms with van der Waals surface area (Å²) in [6.45, 7) is 4.96. The number of aromatic nitrogens is 2. The summed E-state index contributed by atoms with van der Waals surface area (Å²) in [6, 6.07) is 5.90. The number of anilines is 1. The van der Waals surface area contributed by atoms with Crippen LogP contribution in [0, 0.1) is 0 Å². The smallest absolute Gasteiger partial charge is 0.212 e. The summed E-state index contributed by atoms with van der Waals surface area (Å²) in [4.78, 5) is 12.8. The van der Waals surface area contributed by atoms with Crippen LogP contribution < -0.4 is 5.32 Å². The molecule has 0 fully saturated rings. The summed E-state index contributed by atoms with van der Waals surface area (Å²) in [6.07, 6.45) is 3.63. The molecule has 0 bridgehead atoms. The van der Waals surface area contributed by atoms with Gasteiger partial charge in [-0.3, -0.25) is 9.48 Å². The highest BCUT2D eigenvalue weighted by Crippen LogP contribution is 2.26. The normalized spacial score (nSPS) is 13.9. The third-order valence-electron chi connectivity index (χ3n) is 3.76. The van der Waals surface area contributed by atoms with Crippen LogP contribution in [-0.2, 0) is 6.42 Å². The van der Waals surface area contributed by atoms with Crippen LogP contribution in [0.2, 0.25) is 5.02 Å². The van der Waals surface area contributed by atoms with E-state index in [9.17, 15) is 4.79 Å². The quantitative estimate of drug-likeness (QED) is 0.879. The summed E-state index contributed by atoms with van der Waals surface area (Å²) >= 11 is 6.16. The van der Waals surface area contributed by atoms with E-state index in [4.69, 9.17) is 11.6 Å². The van der Waals surface area contributed by atoms with Gasteiger partial charge in [0.1, 0.15) is 5.69 Å². The Balaban J connectivity index is 2.01. The molecular weight excluding hydrogens is 286 g/mol. The van der Waals surface area contributed by atoms with Gasteiger partial charge in [0, 0.05) is 23.8 Å². The van der Waals surface area contributed by atoms with E-state index >= 15 is 0 Å². The predicted molar refractivity (Wildman–Crippen MR) is 84.3 cm³/mol. The fraction of sp³-hybridized carbons (Fsp3) is 0.375. The molecule has 21 heavy (non-hydrogen) atoms. The van der Waals surface area contributed by atoms with Crippen LogP contribution in [0.25, 0.3) is 0 Å². The number of carbonyl (C=O) groups excluding carboxylic acids is 1. The molecule has 0 unspecified atom stereocenters. The number of ketones is 1. The van der Waals surface area contributed by atoms with Crippen molar-refractivity contribution in [1.82, 2.24) is 9.78 Å². The Morgan fingerprint density at radius 2 is 2.24 bits per heavy atom. The molecule has 1 aliphatic heterocycles. The Morgan fingerprint density at radius 1 is 1.43 bits per heavy atom. The molecule has 2 heterocycles. The minimum absolute atomic E-state index is 0.0698. The minimum atomic E-state index is -0.0698. The van der Waals surface area contributed by atoms with E-state index in [1.54, 1.807) is 4.68 Å². The zero-order chi connectivity index (χ0) is 15.0. The lowest BCUT2D eigenvalue weighted by molar-refractivity contribution is 0.102. The van der Waals surface area contributed by atoms with E-state index in [1.165, 1.54) is 11.8 Å². The topological polar surface area (TPSA) is 46.9 Å². The number of benzene rings is 1. The van der Waals surface area contributed by atoms with Crippen LogP contribution in [-0.4, -0.2) is 22.1 Å². The summed E-state index contributed by atoms with van der Waals surface area (Å²) in [5.41, 5.74) is 3.46. The minimum Gasteiger partial charge on any atom is -0.385 e. The van der Waals surface area contributed by atoms with Crippen LogP contribution in [0.5, 0.6) is 0 Å². The molecule has 1 aromatic carbocycles. The highest BCUT2D eigenvalue weighted by atomic mass is 35.5. The summed E-state index contributed by atoms with van der Waals surface area (Å²) in [5, 5.41) is 7.96. The fourth-order valence-electron chi connectivity index (χ4n) is 2.70. The molecular formula is C16H18ClN3O. The Hall–Kier alpha value is -1.81. The zero-order valence-electron chi connectivity index (χ0n) is 12.2. The molecule has 110 valence electrons. The molecule has 0 spiro atoms. The second kappa shape index (κ2) is 5.53. The third-order valence-corrected chi connectivity index (χ3v) is 4.04. The van der Waals surface area contributed by atoms with Gasteiger partial charge < -0.3 is 5.32 Å². The number of hydrogen-bond acceptors (Lipinski definition) is 3. The van der Waals surface area contributed by atoms with E-state index in [-0.39, 0.29) is 11.8 Å². The molecule has 0 atom stereocenters. The van der Waals surface area contributed by atoms with E-state index in [0.717, 1.165) is 25.1 Å². The number of halogens is 1. The van der Waals surface area contributed by atoms with Crippen molar-refractivity contribution < 1.29 is 4.79 Å². The largest absolute Gasteiger partial charge is 0.385 e. The highest BCUT2D eigenvalue weighted by molar-refractivity contribution is 6.34. The molecule has 1 aromatic heterocycles. The van der Waals surface area contributed by atoms with Crippen LogP contribution in [0.4, 0.5) is 5.69 Å². The van der Waals surface area contributed by atoms with Crippen LogP contribution >= 0.6 is 11.6 Å². The summed E-state index contributed by atoms with van der Waals surface area (Å²) in [5.74, 6) is -0.0698. The molecule has 3 rings (SSSR count). The van der Waals surface area contributed by atoms with Gasteiger partial charge in [-0.2, -0.15) is 5.10 Å². The van der Waals surface area contributed by atoms with Gasteiger partial charge in [0.2, 0.25) is 5.78 Å². The number of carbonyl (C=O) groups is 1. The molecule has 0 radical (unpaired) electrons. The average Bonchev–Trinajstić information content (AvgIpc) is 2.88. The van der Waals surface area contributed by atoms with Gasteiger partial charge in [-0.15, -0.1) is 0 Å². The van der Waals surface area contributed by atoms with Gasteiger partial charge in [-0.1, -0.05) is 11.6 Å². The second-order valence-electron chi connectivity index (χ2n) is 5.61. The van der Waals surface area contributed by atoms with Gasteiger partial charge in [0.05, 0.1) is 11.2 Å². The van der Waals surface area contributed by atoms with E-state index < -0.39 is 0 Å². The standard InChI is InChI=1S/C16H18ClN3O/c1-10(2)20-15(13(17)9-19-20)16(21)12-5-6-14-11(8-12)4-3-7-18-14/h5-6,8-10,18H,3-4,7H2,1-2H3. The number of hydrogen-bond donors (Lipinski definition) is 1. The van der Waals surface area contributed by atoms with Crippen molar-refractivity contribution in [3.8, 4) is 0 Å². The Bertz CT molecular complexity index is 691. The Morgan fingerprint density at radius 3 is 3.00 bits per heavy atom. The molecule has 5 heteroatoms. The molecule has 4 nitrogen and oxygen atoms in total.